The number of halogens is 2. The molecule has 1 aromatic rings. The molecule has 5 nitrogen and oxygen atoms in total. The van der Waals surface area contributed by atoms with Crippen LogP contribution in [0.15, 0.2) is 10.7 Å². The average Bonchev–Trinajstić information content (AvgIpc) is 2.35. The molecule has 100 valence electrons. The lowest BCUT2D eigenvalue weighted by Crippen LogP contribution is -2.41. The zero-order valence-electron chi connectivity index (χ0n) is 10.6. The SMILES string of the molecule is CCN(CC)C(=O)C(C)Nc1nc(Cl)ncc1Br. The van der Waals surface area contributed by atoms with Gasteiger partial charge in [-0.2, -0.15) is 4.98 Å². The molecule has 0 aliphatic heterocycles. The largest absolute Gasteiger partial charge is 0.358 e. The maximum atomic E-state index is 12.1. The first kappa shape index (κ1) is 15.2. The fraction of sp³-hybridized carbons (Fsp3) is 0.545. The Hall–Kier alpha value is -0.880. The molecule has 0 fully saturated rings. The number of anilines is 1. The van der Waals surface area contributed by atoms with Gasteiger partial charge in [0.05, 0.1) is 4.47 Å². The van der Waals surface area contributed by atoms with Gasteiger partial charge in [0.25, 0.3) is 0 Å². The van der Waals surface area contributed by atoms with Crippen molar-refractivity contribution in [2.75, 3.05) is 18.4 Å². The van der Waals surface area contributed by atoms with Gasteiger partial charge in [-0.05, 0) is 48.3 Å². The third-order valence-electron chi connectivity index (χ3n) is 2.51. The Balaban J connectivity index is 2.77. The van der Waals surface area contributed by atoms with Crippen LogP contribution in [0.4, 0.5) is 5.82 Å². The van der Waals surface area contributed by atoms with Crippen molar-refractivity contribution >= 4 is 39.3 Å². The first-order valence-corrected chi connectivity index (χ1v) is 6.90. The van der Waals surface area contributed by atoms with E-state index in [4.69, 9.17) is 11.6 Å². The van der Waals surface area contributed by atoms with Crippen LogP contribution in [0.1, 0.15) is 20.8 Å². The molecule has 7 heteroatoms. The number of hydrogen-bond donors (Lipinski definition) is 1. The molecule has 0 saturated heterocycles. The highest BCUT2D eigenvalue weighted by molar-refractivity contribution is 9.10. The number of amides is 1. The third-order valence-corrected chi connectivity index (χ3v) is 3.28. The highest BCUT2D eigenvalue weighted by Crippen LogP contribution is 2.21. The molecule has 18 heavy (non-hydrogen) atoms. The third kappa shape index (κ3) is 3.81. The van der Waals surface area contributed by atoms with Gasteiger partial charge in [0.1, 0.15) is 11.9 Å². The minimum Gasteiger partial charge on any atom is -0.358 e. The van der Waals surface area contributed by atoms with Crippen LogP contribution in [-0.4, -0.2) is 39.9 Å². The van der Waals surface area contributed by atoms with Gasteiger partial charge in [-0.1, -0.05) is 0 Å². The molecular formula is C11H16BrClN4O. The van der Waals surface area contributed by atoms with Gasteiger partial charge in [0.15, 0.2) is 0 Å². The van der Waals surface area contributed by atoms with Gasteiger partial charge in [0.2, 0.25) is 11.2 Å². The van der Waals surface area contributed by atoms with Crippen LogP contribution in [0.5, 0.6) is 0 Å². The van der Waals surface area contributed by atoms with Crippen LogP contribution in [0, 0.1) is 0 Å². The van der Waals surface area contributed by atoms with E-state index in [-0.39, 0.29) is 17.2 Å². The van der Waals surface area contributed by atoms with E-state index in [1.165, 1.54) is 0 Å². The maximum Gasteiger partial charge on any atom is 0.244 e. The van der Waals surface area contributed by atoms with E-state index in [1.807, 2.05) is 13.8 Å². The van der Waals surface area contributed by atoms with Crippen LogP contribution < -0.4 is 5.32 Å². The summed E-state index contributed by atoms with van der Waals surface area (Å²) in [6, 6.07) is -0.368. The minimum absolute atomic E-state index is 0.0293. The predicted octanol–water partition coefficient (Wildman–Crippen LogP) is 2.56. The van der Waals surface area contributed by atoms with Crippen molar-refractivity contribution in [3.63, 3.8) is 0 Å². The Kier molecular flexibility index (Phi) is 5.81. The smallest absolute Gasteiger partial charge is 0.244 e. The summed E-state index contributed by atoms with van der Waals surface area (Å²) in [5.41, 5.74) is 0. The number of nitrogens with zero attached hydrogens (tertiary/aromatic N) is 3. The second kappa shape index (κ2) is 6.89. The summed E-state index contributed by atoms with van der Waals surface area (Å²) in [5.74, 6) is 0.546. The number of rotatable bonds is 5. The lowest BCUT2D eigenvalue weighted by atomic mass is 10.3. The Morgan fingerprint density at radius 2 is 2.17 bits per heavy atom. The Labute approximate surface area is 120 Å². The zero-order valence-corrected chi connectivity index (χ0v) is 12.9. The molecule has 1 atom stereocenters. The minimum atomic E-state index is -0.368. The number of nitrogens with one attached hydrogen (secondary N) is 1. The molecule has 1 heterocycles. The number of carbonyl (C=O) groups is 1. The monoisotopic (exact) mass is 334 g/mol. The molecule has 0 aliphatic carbocycles. The normalized spacial score (nSPS) is 12.1. The highest BCUT2D eigenvalue weighted by atomic mass is 79.9. The van der Waals surface area contributed by atoms with E-state index < -0.39 is 0 Å². The van der Waals surface area contributed by atoms with E-state index >= 15 is 0 Å². The number of carbonyl (C=O) groups excluding carboxylic acids is 1. The van der Waals surface area contributed by atoms with Crippen molar-refractivity contribution in [1.82, 2.24) is 14.9 Å². The van der Waals surface area contributed by atoms with Crippen molar-refractivity contribution in [1.29, 1.82) is 0 Å². The quantitative estimate of drug-likeness (QED) is 0.840. The molecule has 1 rings (SSSR count). The molecule has 0 spiro atoms. The molecule has 0 bridgehead atoms. The topological polar surface area (TPSA) is 58.1 Å². The first-order valence-electron chi connectivity index (χ1n) is 5.72. The molecule has 0 radical (unpaired) electrons. The van der Waals surface area contributed by atoms with Crippen molar-refractivity contribution < 1.29 is 4.79 Å². The van der Waals surface area contributed by atoms with Crippen LogP contribution in [0.2, 0.25) is 5.28 Å². The second-order valence-corrected chi connectivity index (χ2v) is 4.90. The average molecular weight is 336 g/mol. The van der Waals surface area contributed by atoms with Crippen LogP contribution in [-0.2, 0) is 4.79 Å². The van der Waals surface area contributed by atoms with Crippen LogP contribution in [0.25, 0.3) is 0 Å². The van der Waals surface area contributed by atoms with Crippen molar-refractivity contribution in [3.05, 3.63) is 16.0 Å². The Morgan fingerprint density at radius 3 is 2.72 bits per heavy atom. The summed E-state index contributed by atoms with van der Waals surface area (Å²) in [5, 5.41) is 3.17. The van der Waals surface area contributed by atoms with E-state index in [2.05, 4.69) is 31.2 Å². The van der Waals surface area contributed by atoms with Gasteiger partial charge in [-0.25, -0.2) is 4.98 Å². The van der Waals surface area contributed by atoms with Crippen LogP contribution >= 0.6 is 27.5 Å². The standard InChI is InChI=1S/C11H16BrClN4O/c1-4-17(5-2)10(18)7(3)15-9-8(12)6-14-11(13)16-9/h6-7H,4-5H2,1-3H3,(H,14,15,16). The zero-order chi connectivity index (χ0) is 13.7. The molecule has 0 saturated carbocycles. The van der Waals surface area contributed by atoms with Crippen LogP contribution in [0.3, 0.4) is 0 Å². The molecule has 1 unspecified atom stereocenters. The predicted molar refractivity (Wildman–Crippen MR) is 75.8 cm³/mol. The van der Waals surface area contributed by atoms with E-state index in [1.54, 1.807) is 18.0 Å². The van der Waals surface area contributed by atoms with Gasteiger partial charge < -0.3 is 10.2 Å². The second-order valence-electron chi connectivity index (χ2n) is 3.71. The van der Waals surface area contributed by atoms with E-state index in [0.29, 0.717) is 23.4 Å². The lowest BCUT2D eigenvalue weighted by molar-refractivity contribution is -0.131. The molecular weight excluding hydrogens is 320 g/mol. The summed E-state index contributed by atoms with van der Waals surface area (Å²) < 4.78 is 0.672. The Bertz CT molecular complexity index is 426. The maximum absolute atomic E-state index is 12.1. The van der Waals surface area contributed by atoms with Crippen molar-refractivity contribution in [2.45, 2.75) is 26.8 Å². The molecule has 0 aromatic carbocycles. The Morgan fingerprint density at radius 1 is 1.56 bits per heavy atom. The summed E-state index contributed by atoms with van der Waals surface area (Å²) in [6.07, 6.45) is 1.55. The molecule has 1 amide bonds. The fourth-order valence-electron chi connectivity index (χ4n) is 1.52. The van der Waals surface area contributed by atoms with E-state index in [9.17, 15) is 4.79 Å². The first-order chi connectivity index (χ1) is 8.49. The highest BCUT2D eigenvalue weighted by Gasteiger charge is 2.19. The van der Waals surface area contributed by atoms with Gasteiger partial charge in [0, 0.05) is 19.3 Å². The number of hydrogen-bond acceptors (Lipinski definition) is 4. The number of aromatic nitrogens is 2. The van der Waals surface area contributed by atoms with Crippen molar-refractivity contribution in [2.24, 2.45) is 0 Å². The summed E-state index contributed by atoms with van der Waals surface area (Å²) >= 11 is 9.03. The van der Waals surface area contributed by atoms with E-state index in [0.717, 1.165) is 0 Å². The van der Waals surface area contributed by atoms with Crippen molar-refractivity contribution in [3.8, 4) is 0 Å². The molecule has 0 aliphatic rings. The summed E-state index contributed by atoms with van der Waals surface area (Å²) in [6.45, 7) is 7.07. The fourth-order valence-corrected chi connectivity index (χ4v) is 1.96. The molecule has 1 N–H and O–H groups in total. The van der Waals surface area contributed by atoms with Gasteiger partial charge >= 0.3 is 0 Å². The van der Waals surface area contributed by atoms with Gasteiger partial charge in [-0.3, -0.25) is 4.79 Å². The summed E-state index contributed by atoms with van der Waals surface area (Å²) in [4.78, 5) is 21.7. The molecule has 1 aromatic heterocycles. The van der Waals surface area contributed by atoms with Gasteiger partial charge in [-0.15, -0.1) is 0 Å². The summed E-state index contributed by atoms with van der Waals surface area (Å²) in [7, 11) is 0. The number of likely N-dealkylation sites (N-methyl/N-ethyl adjacent to an activating group) is 1. The lowest BCUT2D eigenvalue weighted by Gasteiger charge is -2.23.